The van der Waals surface area contributed by atoms with E-state index in [1.807, 2.05) is 6.08 Å². The lowest BCUT2D eigenvalue weighted by Crippen LogP contribution is -2.32. The number of nitrogens with two attached hydrogens (primary N) is 1. The van der Waals surface area contributed by atoms with Gasteiger partial charge >= 0.3 is 5.97 Å². The van der Waals surface area contributed by atoms with Crippen LogP contribution < -0.4 is 5.73 Å². The van der Waals surface area contributed by atoms with Gasteiger partial charge in [0.05, 0.1) is 0 Å². The van der Waals surface area contributed by atoms with Crippen LogP contribution in [0.1, 0.15) is 31.2 Å². The highest BCUT2D eigenvalue weighted by atomic mass is 19.1. The Bertz CT molecular complexity index is 1000. The Labute approximate surface area is 173 Å². The molecule has 0 bridgehead atoms. The minimum Gasteiger partial charge on any atom is -0.460 e. The Kier molecular flexibility index (Phi) is 6.51. The maximum Gasteiger partial charge on any atom is 0.313 e. The molecule has 0 fully saturated rings. The van der Waals surface area contributed by atoms with Gasteiger partial charge in [-0.05, 0) is 12.0 Å². The van der Waals surface area contributed by atoms with Crippen molar-refractivity contribution in [2.24, 2.45) is 5.73 Å². The van der Waals surface area contributed by atoms with Gasteiger partial charge in [0, 0.05) is 49.1 Å². The van der Waals surface area contributed by atoms with E-state index in [0.29, 0.717) is 36.5 Å². The third-order valence-corrected chi connectivity index (χ3v) is 4.71. The highest BCUT2D eigenvalue weighted by Gasteiger charge is 2.17. The van der Waals surface area contributed by atoms with Crippen LogP contribution in [0.25, 0.3) is 16.7 Å². The molecular formula is C21H22FN5O3. The zero-order chi connectivity index (χ0) is 21.7. The third-order valence-electron chi connectivity index (χ3n) is 4.71. The first-order valence-corrected chi connectivity index (χ1v) is 9.38. The molecule has 2 aromatic rings. The number of amidine groups is 1. The van der Waals surface area contributed by atoms with Gasteiger partial charge in [-0.2, -0.15) is 0 Å². The van der Waals surface area contributed by atoms with Crippen molar-refractivity contribution in [3.05, 3.63) is 53.9 Å². The predicted molar refractivity (Wildman–Crippen MR) is 109 cm³/mol. The second-order valence-electron chi connectivity index (χ2n) is 6.88. The molecule has 0 saturated heterocycles. The maximum absolute atomic E-state index is 14.9. The molecule has 0 spiro atoms. The van der Waals surface area contributed by atoms with Crippen LogP contribution in [0.3, 0.4) is 0 Å². The van der Waals surface area contributed by atoms with Crippen LogP contribution in [-0.2, 0) is 20.9 Å². The predicted octanol–water partition coefficient (Wildman–Crippen LogP) is 2.29. The topological polar surface area (TPSA) is 122 Å². The molecule has 0 radical (unpaired) electrons. The van der Waals surface area contributed by atoms with Crippen molar-refractivity contribution < 1.29 is 18.7 Å². The number of carbonyl (C=O) groups is 2. The van der Waals surface area contributed by atoms with Crippen molar-refractivity contribution in [2.75, 3.05) is 13.1 Å². The molecule has 9 heteroatoms. The smallest absolute Gasteiger partial charge is 0.313 e. The van der Waals surface area contributed by atoms with Crippen molar-refractivity contribution in [2.45, 2.75) is 26.4 Å². The SMILES string of the molecule is CC(=O)N1CC=C(c2ncc(-c3cccc(COC(=O)CC(=N)N)c3F)cn2)CC1. The first kappa shape index (κ1) is 21.1. The normalized spacial score (nSPS) is 13.5. The summed E-state index contributed by atoms with van der Waals surface area (Å²) in [5.74, 6) is -0.948. The lowest BCUT2D eigenvalue weighted by atomic mass is 10.0. The highest BCUT2D eigenvalue weighted by Crippen LogP contribution is 2.26. The molecule has 0 unspecified atom stereocenters. The van der Waals surface area contributed by atoms with Gasteiger partial charge in [-0.3, -0.25) is 15.0 Å². The Hall–Kier alpha value is -3.62. The summed E-state index contributed by atoms with van der Waals surface area (Å²) in [6, 6.07) is 4.77. The Morgan fingerprint density at radius 2 is 2.03 bits per heavy atom. The zero-order valence-corrected chi connectivity index (χ0v) is 16.5. The number of amides is 1. The number of nitrogens with one attached hydrogen (secondary N) is 1. The molecule has 1 aromatic carbocycles. The summed E-state index contributed by atoms with van der Waals surface area (Å²) in [6.45, 7) is 2.42. The van der Waals surface area contributed by atoms with E-state index < -0.39 is 11.8 Å². The van der Waals surface area contributed by atoms with Crippen LogP contribution in [-0.4, -0.2) is 45.7 Å². The Morgan fingerprint density at radius 3 is 2.63 bits per heavy atom. The van der Waals surface area contributed by atoms with E-state index in [1.54, 1.807) is 29.4 Å². The molecule has 1 amide bonds. The zero-order valence-electron chi connectivity index (χ0n) is 16.5. The number of esters is 1. The van der Waals surface area contributed by atoms with Gasteiger partial charge in [0.2, 0.25) is 5.91 Å². The van der Waals surface area contributed by atoms with Crippen LogP contribution in [0, 0.1) is 11.2 Å². The Morgan fingerprint density at radius 1 is 1.30 bits per heavy atom. The van der Waals surface area contributed by atoms with Crippen LogP contribution in [0.5, 0.6) is 0 Å². The van der Waals surface area contributed by atoms with Crippen LogP contribution in [0.4, 0.5) is 4.39 Å². The number of halogens is 1. The molecule has 30 heavy (non-hydrogen) atoms. The van der Waals surface area contributed by atoms with Gasteiger partial charge in [-0.25, -0.2) is 14.4 Å². The van der Waals surface area contributed by atoms with Crippen LogP contribution in [0.15, 0.2) is 36.7 Å². The second kappa shape index (κ2) is 9.25. The van der Waals surface area contributed by atoms with E-state index in [9.17, 15) is 14.0 Å². The van der Waals surface area contributed by atoms with E-state index in [1.165, 1.54) is 13.0 Å². The minimum atomic E-state index is -0.691. The van der Waals surface area contributed by atoms with E-state index in [2.05, 4.69) is 9.97 Å². The quantitative estimate of drug-likeness (QED) is 0.427. The van der Waals surface area contributed by atoms with Gasteiger partial charge < -0.3 is 15.4 Å². The van der Waals surface area contributed by atoms with Crippen molar-refractivity contribution in [3.63, 3.8) is 0 Å². The fourth-order valence-electron chi connectivity index (χ4n) is 3.07. The fourth-order valence-corrected chi connectivity index (χ4v) is 3.07. The standard InChI is InChI=1S/C21H22FN5O3/c1-13(28)27-7-5-14(6-8-27)21-25-10-16(11-26-21)17-4-2-3-15(20(17)22)12-30-19(29)9-18(23)24/h2-5,10-11H,6-9,12H2,1H3,(H3,23,24). The van der Waals surface area contributed by atoms with Crippen molar-refractivity contribution in [1.29, 1.82) is 5.41 Å². The number of hydrogen-bond acceptors (Lipinski definition) is 6. The number of nitrogens with zero attached hydrogens (tertiary/aromatic N) is 3. The monoisotopic (exact) mass is 411 g/mol. The average Bonchev–Trinajstić information content (AvgIpc) is 2.73. The van der Waals surface area contributed by atoms with Gasteiger partial charge in [-0.15, -0.1) is 0 Å². The molecule has 1 aliphatic heterocycles. The van der Waals surface area contributed by atoms with Crippen molar-refractivity contribution >= 4 is 23.3 Å². The molecule has 2 heterocycles. The van der Waals surface area contributed by atoms with E-state index in [0.717, 1.165) is 5.57 Å². The molecule has 1 aliphatic rings. The summed E-state index contributed by atoms with van der Waals surface area (Å²) < 4.78 is 19.9. The number of carbonyl (C=O) groups excluding carboxylic acids is 2. The summed E-state index contributed by atoms with van der Waals surface area (Å²) >= 11 is 0. The molecule has 0 aliphatic carbocycles. The Balaban J connectivity index is 1.73. The van der Waals surface area contributed by atoms with Crippen molar-refractivity contribution in [1.82, 2.24) is 14.9 Å². The highest BCUT2D eigenvalue weighted by molar-refractivity contribution is 5.94. The summed E-state index contributed by atoms with van der Waals surface area (Å²) in [7, 11) is 0. The molecule has 156 valence electrons. The summed E-state index contributed by atoms with van der Waals surface area (Å²) in [6.07, 6.45) is 5.34. The number of aromatic nitrogens is 2. The largest absolute Gasteiger partial charge is 0.460 e. The molecule has 0 atom stereocenters. The lowest BCUT2D eigenvalue weighted by Gasteiger charge is -2.24. The molecule has 8 nitrogen and oxygen atoms in total. The molecule has 3 N–H and O–H groups in total. The number of rotatable bonds is 6. The molecule has 3 rings (SSSR count). The van der Waals surface area contributed by atoms with Crippen LogP contribution >= 0.6 is 0 Å². The summed E-state index contributed by atoms with van der Waals surface area (Å²) in [5, 5.41) is 7.08. The lowest BCUT2D eigenvalue weighted by molar-refractivity contribution is -0.143. The second-order valence-corrected chi connectivity index (χ2v) is 6.88. The van der Waals surface area contributed by atoms with Gasteiger partial charge in [0.25, 0.3) is 0 Å². The van der Waals surface area contributed by atoms with E-state index >= 15 is 0 Å². The summed E-state index contributed by atoms with van der Waals surface area (Å²) in [4.78, 5) is 33.4. The third kappa shape index (κ3) is 5.05. The number of ether oxygens (including phenoxy) is 1. The van der Waals surface area contributed by atoms with Crippen LogP contribution in [0.2, 0.25) is 0 Å². The van der Waals surface area contributed by atoms with E-state index in [4.69, 9.17) is 15.9 Å². The minimum absolute atomic E-state index is 0.0314. The molecular weight excluding hydrogens is 389 g/mol. The number of hydrogen-bond donors (Lipinski definition) is 2. The van der Waals surface area contributed by atoms with Crippen molar-refractivity contribution in [3.8, 4) is 11.1 Å². The maximum atomic E-state index is 14.9. The van der Waals surface area contributed by atoms with Gasteiger partial charge in [0.15, 0.2) is 5.82 Å². The first-order chi connectivity index (χ1) is 14.3. The first-order valence-electron chi connectivity index (χ1n) is 9.38. The summed E-state index contributed by atoms with van der Waals surface area (Å²) in [5.41, 5.74) is 7.09. The van der Waals surface area contributed by atoms with E-state index in [-0.39, 0.29) is 30.3 Å². The molecule has 1 aromatic heterocycles. The van der Waals surface area contributed by atoms with Gasteiger partial charge in [0.1, 0.15) is 24.7 Å². The van der Waals surface area contributed by atoms with Gasteiger partial charge in [-0.1, -0.05) is 24.3 Å². The molecule has 0 saturated carbocycles. The fraction of sp³-hybridized carbons (Fsp3) is 0.286. The number of benzene rings is 1. The average molecular weight is 411 g/mol.